The number of halogens is 2. The van der Waals surface area contributed by atoms with E-state index in [1.54, 1.807) is 65.6 Å². The van der Waals surface area contributed by atoms with Gasteiger partial charge < -0.3 is 28.9 Å². The van der Waals surface area contributed by atoms with Gasteiger partial charge in [0.05, 0.1) is 30.3 Å². The number of fused-ring (bicyclic) bond motifs is 2. The van der Waals surface area contributed by atoms with Crippen molar-refractivity contribution < 1.29 is 28.6 Å². The molecule has 7 rings (SSSR count). The van der Waals surface area contributed by atoms with Crippen LogP contribution in [0.5, 0.6) is 5.75 Å². The van der Waals surface area contributed by atoms with E-state index in [2.05, 4.69) is 0 Å². The number of carbonyl (C=O) groups excluding carboxylic acids is 2. The third-order valence-corrected chi connectivity index (χ3v) is 8.98. The molecule has 0 radical (unpaired) electrons. The van der Waals surface area contributed by atoms with E-state index < -0.39 is 17.7 Å². The maximum atomic E-state index is 16.1. The van der Waals surface area contributed by atoms with Crippen LogP contribution >= 0.6 is 11.6 Å². The van der Waals surface area contributed by atoms with Crippen LogP contribution in [0.4, 0.5) is 10.1 Å². The molecule has 1 aromatic heterocycles. The maximum absolute atomic E-state index is 16.1. The predicted molar refractivity (Wildman–Crippen MR) is 174 cm³/mol. The number of morpholine rings is 1. The highest BCUT2D eigenvalue weighted by molar-refractivity contribution is 6.34. The molecule has 1 fully saturated rings. The lowest BCUT2D eigenvalue weighted by Crippen LogP contribution is -2.37. The Kier molecular flexibility index (Phi) is 7.98. The van der Waals surface area contributed by atoms with Crippen molar-refractivity contribution in [1.82, 2.24) is 9.47 Å². The monoisotopic (exact) mass is 639 g/mol. The van der Waals surface area contributed by atoms with E-state index in [1.165, 1.54) is 6.07 Å². The lowest BCUT2D eigenvalue weighted by atomic mass is 9.93. The van der Waals surface area contributed by atoms with Gasteiger partial charge in [0.2, 0.25) is 0 Å². The molecular weight excluding hydrogens is 609 g/mol. The Morgan fingerprint density at radius 1 is 0.935 bits per heavy atom. The number of aliphatic hydroxyl groups excluding tert-OH is 1. The Morgan fingerprint density at radius 2 is 1.72 bits per heavy atom. The van der Waals surface area contributed by atoms with Gasteiger partial charge in [-0.05, 0) is 35.9 Å². The molecule has 1 saturated heterocycles. The van der Waals surface area contributed by atoms with Gasteiger partial charge in [0.15, 0.2) is 12.5 Å². The highest BCUT2D eigenvalue weighted by Gasteiger charge is 2.30. The normalized spacial score (nSPS) is 15.4. The third-order valence-electron chi connectivity index (χ3n) is 8.67. The van der Waals surface area contributed by atoms with Crippen LogP contribution < -0.4 is 9.64 Å². The van der Waals surface area contributed by atoms with Crippen molar-refractivity contribution in [3.05, 3.63) is 118 Å². The molecule has 0 spiro atoms. The Bertz CT molecular complexity index is 1970. The fourth-order valence-corrected chi connectivity index (χ4v) is 6.46. The van der Waals surface area contributed by atoms with Gasteiger partial charge in [-0.25, -0.2) is 4.39 Å². The molecule has 1 atom stereocenters. The molecule has 0 saturated carbocycles. The third kappa shape index (κ3) is 5.40. The van der Waals surface area contributed by atoms with Gasteiger partial charge in [0.25, 0.3) is 5.91 Å². The first-order valence-electron chi connectivity index (χ1n) is 15.0. The van der Waals surface area contributed by atoms with Crippen molar-refractivity contribution in [3.63, 3.8) is 0 Å². The zero-order valence-electron chi connectivity index (χ0n) is 25.1. The number of benzene rings is 4. The number of para-hydroxylation sites is 1. The van der Waals surface area contributed by atoms with Crippen molar-refractivity contribution >= 4 is 39.9 Å². The van der Waals surface area contributed by atoms with Gasteiger partial charge in [-0.3, -0.25) is 9.59 Å². The summed E-state index contributed by atoms with van der Waals surface area (Å²) in [6.45, 7) is 2.10. The highest BCUT2D eigenvalue weighted by Crippen LogP contribution is 2.41. The molecule has 3 heterocycles. The summed E-state index contributed by atoms with van der Waals surface area (Å²) in [4.78, 5) is 30.8. The minimum absolute atomic E-state index is 0.0534. The summed E-state index contributed by atoms with van der Waals surface area (Å²) in [6.07, 6.45) is 0.465. The van der Waals surface area contributed by atoms with E-state index in [-0.39, 0.29) is 30.3 Å². The molecule has 4 aromatic carbocycles. The van der Waals surface area contributed by atoms with Crippen molar-refractivity contribution in [2.45, 2.75) is 12.6 Å². The number of hydrogen-bond donors (Lipinski definition) is 1. The van der Waals surface area contributed by atoms with Crippen LogP contribution in [0.25, 0.3) is 22.0 Å². The van der Waals surface area contributed by atoms with Crippen LogP contribution in [0.1, 0.15) is 37.9 Å². The number of amides is 1. The standard InChI is InChI=1S/C36H31ClFN3O5/c1-39-11-10-23-16-29(37)27(19-31(23)39)36(44)41-20-24-8-5-9-25(35(24)46-21-41)26-18-32(40-12-14-45-15-13-40)28(17-30(26)38)34(43)33(42)22-6-3-2-4-7-22/h2-11,16-19,33,42H,12-15,20-21H2,1H3. The van der Waals surface area contributed by atoms with E-state index in [0.717, 1.165) is 10.9 Å². The molecule has 1 amide bonds. The second kappa shape index (κ2) is 12.2. The van der Waals surface area contributed by atoms with Crippen LogP contribution in [0.2, 0.25) is 5.02 Å². The Hall–Kier alpha value is -4.70. The van der Waals surface area contributed by atoms with E-state index in [0.29, 0.717) is 65.0 Å². The van der Waals surface area contributed by atoms with Gasteiger partial charge in [-0.1, -0.05) is 60.1 Å². The molecule has 2 aliphatic heterocycles. The van der Waals surface area contributed by atoms with Gasteiger partial charge >= 0.3 is 0 Å². The van der Waals surface area contributed by atoms with Crippen LogP contribution in [-0.2, 0) is 18.3 Å². The second-order valence-corrected chi connectivity index (χ2v) is 11.9. The molecular formula is C36H31ClFN3O5. The molecule has 8 nitrogen and oxygen atoms in total. The molecule has 1 unspecified atom stereocenters. The molecule has 46 heavy (non-hydrogen) atoms. The van der Waals surface area contributed by atoms with Crippen molar-refractivity contribution in [1.29, 1.82) is 0 Å². The van der Waals surface area contributed by atoms with Gasteiger partial charge in [0, 0.05) is 65.2 Å². The van der Waals surface area contributed by atoms with E-state index in [1.807, 2.05) is 34.8 Å². The first-order chi connectivity index (χ1) is 22.3. The average Bonchev–Trinajstić information content (AvgIpc) is 3.45. The summed E-state index contributed by atoms with van der Waals surface area (Å²) < 4.78 is 29.7. The smallest absolute Gasteiger partial charge is 0.258 e. The number of carbonyl (C=O) groups is 2. The Balaban J connectivity index is 1.23. The number of ketones is 1. The summed E-state index contributed by atoms with van der Waals surface area (Å²) in [5.74, 6) is -1.03. The number of nitrogens with zero attached hydrogens (tertiary/aromatic N) is 3. The number of Topliss-reactive ketones (excluding diaryl/α,β-unsaturated/α-hetero) is 1. The largest absolute Gasteiger partial charge is 0.472 e. The van der Waals surface area contributed by atoms with Crippen LogP contribution in [0, 0.1) is 5.82 Å². The molecule has 234 valence electrons. The summed E-state index contributed by atoms with van der Waals surface area (Å²) in [6, 6.07) is 22.4. The van der Waals surface area contributed by atoms with E-state index in [4.69, 9.17) is 21.1 Å². The van der Waals surface area contributed by atoms with Crippen molar-refractivity contribution in [2.75, 3.05) is 37.9 Å². The first kappa shape index (κ1) is 30.0. The number of hydrogen-bond acceptors (Lipinski definition) is 6. The van der Waals surface area contributed by atoms with Crippen LogP contribution in [0.15, 0.2) is 85.1 Å². The van der Waals surface area contributed by atoms with Gasteiger partial charge in [0.1, 0.15) is 17.7 Å². The molecule has 0 bridgehead atoms. The van der Waals surface area contributed by atoms with Gasteiger partial charge in [-0.2, -0.15) is 0 Å². The molecule has 5 aromatic rings. The number of aromatic nitrogens is 1. The number of anilines is 1. The quantitative estimate of drug-likeness (QED) is 0.217. The zero-order valence-corrected chi connectivity index (χ0v) is 25.8. The summed E-state index contributed by atoms with van der Waals surface area (Å²) in [7, 11) is 1.91. The minimum atomic E-state index is -1.45. The number of aliphatic hydroxyl groups is 1. The van der Waals surface area contributed by atoms with Crippen LogP contribution in [-0.4, -0.2) is 59.3 Å². The van der Waals surface area contributed by atoms with E-state index >= 15 is 4.39 Å². The van der Waals surface area contributed by atoms with E-state index in [9.17, 15) is 14.7 Å². The van der Waals surface area contributed by atoms with Crippen molar-refractivity contribution in [2.24, 2.45) is 7.05 Å². The Labute approximate surface area is 270 Å². The summed E-state index contributed by atoms with van der Waals surface area (Å²) in [5.41, 5.74) is 3.75. The fourth-order valence-electron chi connectivity index (χ4n) is 6.20. The number of aryl methyl sites for hydroxylation is 1. The SMILES string of the molecule is Cn1ccc2cc(Cl)c(C(=O)N3COc4c(cccc4-c4cc(N5CCOCC5)c(C(=O)C(O)c5ccccc5)cc4F)C3)cc21. The second-order valence-electron chi connectivity index (χ2n) is 11.5. The molecule has 1 N–H and O–H groups in total. The summed E-state index contributed by atoms with van der Waals surface area (Å²) in [5, 5.41) is 12.2. The zero-order chi connectivity index (χ0) is 31.9. The lowest BCUT2D eigenvalue weighted by Gasteiger charge is -2.32. The number of rotatable bonds is 6. The Morgan fingerprint density at radius 3 is 2.50 bits per heavy atom. The summed E-state index contributed by atoms with van der Waals surface area (Å²) >= 11 is 6.53. The minimum Gasteiger partial charge on any atom is -0.472 e. The topological polar surface area (TPSA) is 84.2 Å². The first-order valence-corrected chi connectivity index (χ1v) is 15.4. The molecule has 0 aliphatic carbocycles. The van der Waals surface area contributed by atoms with Gasteiger partial charge in [-0.15, -0.1) is 0 Å². The molecule has 10 heteroatoms. The maximum Gasteiger partial charge on any atom is 0.258 e. The van der Waals surface area contributed by atoms with Crippen LogP contribution in [0.3, 0.4) is 0 Å². The average molecular weight is 640 g/mol. The molecule has 2 aliphatic rings. The number of ether oxygens (including phenoxy) is 2. The highest BCUT2D eigenvalue weighted by atomic mass is 35.5. The fraction of sp³-hybridized carbons (Fsp3) is 0.222. The lowest BCUT2D eigenvalue weighted by molar-refractivity contribution is 0.0516. The van der Waals surface area contributed by atoms with Crippen molar-refractivity contribution in [3.8, 4) is 16.9 Å². The predicted octanol–water partition coefficient (Wildman–Crippen LogP) is 6.38.